The van der Waals surface area contributed by atoms with Crippen molar-refractivity contribution in [3.8, 4) is 0 Å². The molecule has 2 rings (SSSR count). The van der Waals surface area contributed by atoms with Crippen LogP contribution in [0, 0.1) is 5.92 Å². The second-order valence-electron chi connectivity index (χ2n) is 5.79. The molecule has 0 bridgehead atoms. The number of hydrogen-bond acceptors (Lipinski definition) is 3. The summed E-state index contributed by atoms with van der Waals surface area (Å²) in [4.78, 5) is 10.6. The molecule has 1 aromatic rings. The van der Waals surface area contributed by atoms with Gasteiger partial charge in [-0.1, -0.05) is 26.0 Å². The first-order valence-corrected chi connectivity index (χ1v) is 8.28. The molecule has 20 heavy (non-hydrogen) atoms. The van der Waals surface area contributed by atoms with E-state index in [9.17, 15) is 4.79 Å². The molecule has 2 N–H and O–H groups in total. The lowest BCUT2D eigenvalue weighted by Gasteiger charge is -2.16. The van der Waals surface area contributed by atoms with Gasteiger partial charge in [-0.2, -0.15) is 11.8 Å². The predicted octanol–water partition coefficient (Wildman–Crippen LogP) is 3.65. The molecule has 110 valence electrons. The number of aliphatic carboxylic acids is 1. The molecule has 0 spiro atoms. The number of aryl methyl sites for hydroxylation is 1. The van der Waals surface area contributed by atoms with E-state index in [1.165, 1.54) is 6.42 Å². The third-order valence-electron chi connectivity index (χ3n) is 3.70. The zero-order chi connectivity index (χ0) is 14.5. The highest BCUT2D eigenvalue weighted by atomic mass is 32.2. The standard InChI is InChI=1S/C16H23NO2S/c1-11(2)15-9-14(10-20-15)17-13-5-3-4-12(8-13)6-7-16(18)19/h3-5,8,11,14-15,17H,6-7,9-10H2,1-2H3,(H,18,19). The Morgan fingerprint density at radius 3 is 2.95 bits per heavy atom. The van der Waals surface area contributed by atoms with Crippen molar-refractivity contribution in [3.05, 3.63) is 29.8 Å². The highest BCUT2D eigenvalue weighted by molar-refractivity contribution is 8.00. The quantitative estimate of drug-likeness (QED) is 0.840. The third-order valence-corrected chi connectivity index (χ3v) is 5.46. The zero-order valence-electron chi connectivity index (χ0n) is 12.1. The molecule has 1 aliphatic heterocycles. The Morgan fingerprint density at radius 2 is 2.30 bits per heavy atom. The molecule has 1 saturated heterocycles. The van der Waals surface area contributed by atoms with Crippen LogP contribution in [0.25, 0.3) is 0 Å². The topological polar surface area (TPSA) is 49.3 Å². The Hall–Kier alpha value is -1.16. The molecule has 1 heterocycles. The second kappa shape index (κ2) is 7.02. The van der Waals surface area contributed by atoms with E-state index in [0.717, 1.165) is 28.2 Å². The van der Waals surface area contributed by atoms with Gasteiger partial charge in [-0.25, -0.2) is 0 Å². The molecule has 1 aromatic carbocycles. The van der Waals surface area contributed by atoms with Crippen LogP contribution in [0.1, 0.15) is 32.3 Å². The van der Waals surface area contributed by atoms with Gasteiger partial charge >= 0.3 is 5.97 Å². The van der Waals surface area contributed by atoms with Crippen molar-refractivity contribution < 1.29 is 9.90 Å². The largest absolute Gasteiger partial charge is 0.481 e. The van der Waals surface area contributed by atoms with Crippen molar-refractivity contribution in [2.24, 2.45) is 5.92 Å². The predicted molar refractivity (Wildman–Crippen MR) is 85.5 cm³/mol. The molecular formula is C16H23NO2S. The van der Waals surface area contributed by atoms with Crippen LogP contribution < -0.4 is 5.32 Å². The van der Waals surface area contributed by atoms with Crippen LogP contribution in [0.15, 0.2) is 24.3 Å². The van der Waals surface area contributed by atoms with Crippen LogP contribution in [0.2, 0.25) is 0 Å². The second-order valence-corrected chi connectivity index (χ2v) is 7.06. The smallest absolute Gasteiger partial charge is 0.303 e. The van der Waals surface area contributed by atoms with E-state index in [-0.39, 0.29) is 6.42 Å². The number of thioether (sulfide) groups is 1. The van der Waals surface area contributed by atoms with Gasteiger partial charge in [-0.15, -0.1) is 0 Å². The molecule has 2 unspecified atom stereocenters. The molecule has 0 saturated carbocycles. The lowest BCUT2D eigenvalue weighted by molar-refractivity contribution is -0.136. The SMILES string of the molecule is CC(C)C1CC(Nc2cccc(CCC(=O)O)c2)CS1. The minimum Gasteiger partial charge on any atom is -0.481 e. The number of rotatable bonds is 6. The summed E-state index contributed by atoms with van der Waals surface area (Å²) in [6, 6.07) is 8.67. The highest BCUT2D eigenvalue weighted by Crippen LogP contribution is 2.33. The summed E-state index contributed by atoms with van der Waals surface area (Å²) in [7, 11) is 0. The number of carboxylic acid groups (broad SMARTS) is 1. The lowest BCUT2D eigenvalue weighted by Crippen LogP contribution is -2.20. The number of anilines is 1. The van der Waals surface area contributed by atoms with E-state index in [4.69, 9.17) is 5.11 Å². The molecular weight excluding hydrogens is 270 g/mol. The molecule has 0 aliphatic carbocycles. The lowest BCUT2D eigenvalue weighted by atomic mass is 10.0. The van der Waals surface area contributed by atoms with Gasteiger partial charge in [0.1, 0.15) is 0 Å². The number of carboxylic acids is 1. The van der Waals surface area contributed by atoms with Crippen LogP contribution >= 0.6 is 11.8 Å². The Balaban J connectivity index is 1.90. The highest BCUT2D eigenvalue weighted by Gasteiger charge is 2.27. The first kappa shape index (κ1) is 15.2. The zero-order valence-corrected chi connectivity index (χ0v) is 13.0. The van der Waals surface area contributed by atoms with Crippen LogP contribution in [0.4, 0.5) is 5.69 Å². The van der Waals surface area contributed by atoms with Gasteiger partial charge in [-0.05, 0) is 36.5 Å². The number of hydrogen-bond donors (Lipinski definition) is 2. The van der Waals surface area contributed by atoms with Gasteiger partial charge in [0, 0.05) is 29.2 Å². The van der Waals surface area contributed by atoms with Crippen LogP contribution in [-0.2, 0) is 11.2 Å². The fourth-order valence-electron chi connectivity index (χ4n) is 2.53. The summed E-state index contributed by atoms with van der Waals surface area (Å²) < 4.78 is 0. The van der Waals surface area contributed by atoms with E-state index >= 15 is 0 Å². The van der Waals surface area contributed by atoms with Gasteiger partial charge in [0.05, 0.1) is 0 Å². The van der Waals surface area contributed by atoms with E-state index in [0.29, 0.717) is 12.5 Å². The molecule has 2 atom stereocenters. The van der Waals surface area contributed by atoms with Gasteiger partial charge < -0.3 is 10.4 Å². The maximum atomic E-state index is 10.6. The Labute approximate surface area is 125 Å². The van der Waals surface area contributed by atoms with Crippen molar-refractivity contribution in [2.45, 2.75) is 44.4 Å². The van der Waals surface area contributed by atoms with Crippen molar-refractivity contribution in [1.82, 2.24) is 0 Å². The molecule has 1 aliphatic rings. The van der Waals surface area contributed by atoms with Gasteiger partial charge in [0.25, 0.3) is 0 Å². The summed E-state index contributed by atoms with van der Waals surface area (Å²) in [5.41, 5.74) is 2.20. The van der Waals surface area contributed by atoms with Crippen LogP contribution in [0.5, 0.6) is 0 Å². The number of nitrogens with one attached hydrogen (secondary N) is 1. The normalized spacial score (nSPS) is 22.1. The minimum absolute atomic E-state index is 0.193. The summed E-state index contributed by atoms with van der Waals surface area (Å²) in [5.74, 6) is 1.14. The number of benzene rings is 1. The van der Waals surface area contributed by atoms with Crippen LogP contribution in [-0.4, -0.2) is 28.1 Å². The molecule has 0 radical (unpaired) electrons. The Morgan fingerprint density at radius 1 is 1.50 bits per heavy atom. The summed E-state index contributed by atoms with van der Waals surface area (Å²) in [5, 5.41) is 13.1. The van der Waals surface area contributed by atoms with Crippen molar-refractivity contribution in [2.75, 3.05) is 11.1 Å². The molecule has 0 aromatic heterocycles. The maximum absolute atomic E-state index is 10.6. The van der Waals surface area contributed by atoms with Crippen molar-refractivity contribution in [3.63, 3.8) is 0 Å². The Bertz CT molecular complexity index is 462. The molecule has 0 amide bonds. The number of carbonyl (C=O) groups is 1. The van der Waals surface area contributed by atoms with E-state index in [2.05, 4.69) is 43.1 Å². The Kier molecular flexibility index (Phi) is 5.35. The summed E-state index contributed by atoms with van der Waals surface area (Å²) >= 11 is 2.06. The molecule has 1 fully saturated rings. The monoisotopic (exact) mass is 293 g/mol. The van der Waals surface area contributed by atoms with Gasteiger partial charge in [0.15, 0.2) is 0 Å². The van der Waals surface area contributed by atoms with E-state index in [1.807, 2.05) is 12.1 Å². The van der Waals surface area contributed by atoms with Gasteiger partial charge in [-0.3, -0.25) is 4.79 Å². The van der Waals surface area contributed by atoms with E-state index in [1.54, 1.807) is 0 Å². The molecule has 4 heteroatoms. The average molecular weight is 293 g/mol. The first-order valence-electron chi connectivity index (χ1n) is 7.23. The first-order chi connectivity index (χ1) is 9.54. The summed E-state index contributed by atoms with van der Waals surface area (Å²) in [6.07, 6.45) is 2.00. The van der Waals surface area contributed by atoms with Gasteiger partial charge in [0.2, 0.25) is 0 Å². The summed E-state index contributed by atoms with van der Waals surface area (Å²) in [6.45, 7) is 4.57. The molecule has 3 nitrogen and oxygen atoms in total. The van der Waals surface area contributed by atoms with Crippen LogP contribution in [0.3, 0.4) is 0 Å². The van der Waals surface area contributed by atoms with Crippen molar-refractivity contribution >= 4 is 23.4 Å². The fourth-order valence-corrected chi connectivity index (χ4v) is 3.98. The fraction of sp³-hybridized carbons (Fsp3) is 0.562. The third kappa shape index (κ3) is 4.44. The van der Waals surface area contributed by atoms with Crippen molar-refractivity contribution in [1.29, 1.82) is 0 Å². The average Bonchev–Trinajstić information content (AvgIpc) is 2.85. The minimum atomic E-state index is -0.740. The van der Waals surface area contributed by atoms with E-state index < -0.39 is 5.97 Å². The maximum Gasteiger partial charge on any atom is 0.303 e.